The third-order valence-electron chi connectivity index (χ3n) is 4.61. The molecule has 0 saturated heterocycles. The SMILES string of the molecule is C=CCOC(=O)C1C(C)=NC(CSC(=N)N)=C(C(=O)OCC)C1c1cccc([N+](=O)[O-])c1. The van der Waals surface area contributed by atoms with Crippen LogP contribution < -0.4 is 5.73 Å². The topological polar surface area (TPSA) is 158 Å². The smallest absolute Gasteiger partial charge is 0.336 e. The number of amidine groups is 1. The summed E-state index contributed by atoms with van der Waals surface area (Å²) in [4.78, 5) is 41.2. The minimum atomic E-state index is -1.01. The zero-order valence-corrected chi connectivity index (χ0v) is 18.5. The summed E-state index contributed by atoms with van der Waals surface area (Å²) < 4.78 is 10.5. The van der Waals surface area contributed by atoms with E-state index in [0.717, 1.165) is 11.8 Å². The van der Waals surface area contributed by atoms with Gasteiger partial charge < -0.3 is 15.2 Å². The van der Waals surface area contributed by atoms with Crippen molar-refractivity contribution in [1.82, 2.24) is 0 Å². The van der Waals surface area contributed by atoms with Gasteiger partial charge in [-0.2, -0.15) is 0 Å². The molecule has 32 heavy (non-hydrogen) atoms. The molecule has 0 spiro atoms. The molecule has 1 aromatic carbocycles. The maximum atomic E-state index is 13.0. The molecule has 0 fully saturated rings. The lowest BCUT2D eigenvalue weighted by Gasteiger charge is -2.32. The lowest BCUT2D eigenvalue weighted by molar-refractivity contribution is -0.384. The number of hydrogen-bond acceptors (Lipinski definition) is 9. The van der Waals surface area contributed by atoms with E-state index in [0.29, 0.717) is 11.3 Å². The largest absolute Gasteiger partial charge is 0.463 e. The van der Waals surface area contributed by atoms with Crippen molar-refractivity contribution in [2.24, 2.45) is 16.6 Å². The van der Waals surface area contributed by atoms with Crippen molar-refractivity contribution in [1.29, 1.82) is 5.41 Å². The number of nitro groups is 1. The van der Waals surface area contributed by atoms with Gasteiger partial charge in [-0.15, -0.1) is 0 Å². The highest BCUT2D eigenvalue weighted by Gasteiger charge is 2.43. The molecule has 2 atom stereocenters. The highest BCUT2D eigenvalue weighted by Crippen LogP contribution is 2.41. The standard InChI is InChI=1S/C21H24N4O6S/c1-4-9-31-19(26)16-12(3)24-15(11-32-21(22)23)18(20(27)30-5-2)17(16)13-7-6-8-14(10-13)25(28)29/h4,6-8,10,16-17H,1,5,9,11H2,2-3H3,(H3,22,23). The number of rotatable bonds is 9. The van der Waals surface area contributed by atoms with Gasteiger partial charge in [-0.05, 0) is 19.4 Å². The zero-order chi connectivity index (χ0) is 23.8. The van der Waals surface area contributed by atoms with Crippen LogP contribution in [-0.2, 0) is 19.1 Å². The van der Waals surface area contributed by atoms with Crippen molar-refractivity contribution in [3.63, 3.8) is 0 Å². The molecule has 0 amide bonds. The van der Waals surface area contributed by atoms with Crippen molar-refractivity contribution < 1.29 is 24.0 Å². The number of nitrogens with zero attached hydrogens (tertiary/aromatic N) is 2. The summed E-state index contributed by atoms with van der Waals surface area (Å²) in [5.74, 6) is -3.22. The molecule has 170 valence electrons. The summed E-state index contributed by atoms with van der Waals surface area (Å²) >= 11 is 0.959. The number of benzene rings is 1. The first-order valence-electron chi connectivity index (χ1n) is 9.65. The van der Waals surface area contributed by atoms with E-state index in [-0.39, 0.29) is 41.1 Å². The Labute approximate surface area is 189 Å². The maximum absolute atomic E-state index is 13.0. The number of nitro benzene ring substituents is 1. The van der Waals surface area contributed by atoms with Crippen LogP contribution in [0.5, 0.6) is 0 Å². The van der Waals surface area contributed by atoms with E-state index in [2.05, 4.69) is 11.6 Å². The highest BCUT2D eigenvalue weighted by molar-refractivity contribution is 8.13. The number of aliphatic imine (C=N–C) groups is 1. The van der Waals surface area contributed by atoms with Crippen LogP contribution in [0.2, 0.25) is 0 Å². The first kappa shape index (κ1) is 24.8. The summed E-state index contributed by atoms with van der Waals surface area (Å²) in [7, 11) is 0. The summed E-state index contributed by atoms with van der Waals surface area (Å²) in [5, 5.41) is 18.7. The molecule has 2 unspecified atom stereocenters. The van der Waals surface area contributed by atoms with Crippen molar-refractivity contribution in [3.8, 4) is 0 Å². The molecule has 10 nitrogen and oxygen atoms in total. The Balaban J connectivity index is 2.73. The van der Waals surface area contributed by atoms with Gasteiger partial charge in [0.2, 0.25) is 0 Å². The fraction of sp³-hybridized carbons (Fsp3) is 0.333. The molecule has 1 aliphatic rings. The average Bonchev–Trinajstić information content (AvgIpc) is 2.75. The first-order chi connectivity index (χ1) is 15.2. The lowest BCUT2D eigenvalue weighted by Crippen LogP contribution is -2.37. The second-order valence-electron chi connectivity index (χ2n) is 6.71. The lowest BCUT2D eigenvalue weighted by atomic mass is 9.75. The summed E-state index contributed by atoms with van der Waals surface area (Å²) in [5.41, 5.74) is 6.35. The zero-order valence-electron chi connectivity index (χ0n) is 17.7. The summed E-state index contributed by atoms with van der Waals surface area (Å²) in [6.45, 7) is 6.81. The molecule has 1 aromatic rings. The monoisotopic (exact) mass is 460 g/mol. The Bertz CT molecular complexity index is 1000. The third kappa shape index (κ3) is 5.82. The molecule has 0 aromatic heterocycles. The van der Waals surface area contributed by atoms with Gasteiger partial charge in [0.1, 0.15) is 12.5 Å². The minimum absolute atomic E-state index is 0.0459. The number of esters is 2. The van der Waals surface area contributed by atoms with Crippen molar-refractivity contribution >= 4 is 40.3 Å². The second kappa shape index (κ2) is 11.2. The molecule has 1 aliphatic heterocycles. The van der Waals surface area contributed by atoms with E-state index in [1.165, 1.54) is 24.3 Å². The predicted octanol–water partition coefficient (Wildman–Crippen LogP) is 2.94. The molecule has 2 rings (SSSR count). The molecule has 0 bridgehead atoms. The van der Waals surface area contributed by atoms with E-state index in [4.69, 9.17) is 20.6 Å². The van der Waals surface area contributed by atoms with E-state index >= 15 is 0 Å². The molecule has 0 aliphatic carbocycles. The Hall–Kier alpha value is -3.47. The van der Waals surface area contributed by atoms with Crippen molar-refractivity contribution in [2.45, 2.75) is 19.8 Å². The third-order valence-corrected chi connectivity index (χ3v) is 5.34. The fourth-order valence-corrected chi connectivity index (χ4v) is 3.88. The van der Waals surface area contributed by atoms with Gasteiger partial charge in [0.05, 0.1) is 22.8 Å². The number of nitrogens with two attached hydrogens (primary N) is 1. The van der Waals surface area contributed by atoms with Crippen LogP contribution in [0.25, 0.3) is 0 Å². The van der Waals surface area contributed by atoms with E-state index in [9.17, 15) is 19.7 Å². The number of carbonyl (C=O) groups excluding carboxylic acids is 2. The summed E-state index contributed by atoms with van der Waals surface area (Å²) in [6.07, 6.45) is 1.41. The van der Waals surface area contributed by atoms with Gasteiger partial charge in [-0.1, -0.05) is 36.5 Å². The van der Waals surface area contributed by atoms with Crippen LogP contribution in [0.1, 0.15) is 25.3 Å². The average molecular weight is 461 g/mol. The number of ether oxygens (including phenoxy) is 2. The number of carbonyl (C=O) groups is 2. The van der Waals surface area contributed by atoms with Gasteiger partial charge in [0.25, 0.3) is 5.69 Å². The predicted molar refractivity (Wildman–Crippen MR) is 122 cm³/mol. The highest BCUT2D eigenvalue weighted by atomic mass is 32.2. The van der Waals surface area contributed by atoms with Crippen LogP contribution >= 0.6 is 11.8 Å². The van der Waals surface area contributed by atoms with E-state index in [1.54, 1.807) is 19.9 Å². The van der Waals surface area contributed by atoms with Gasteiger partial charge in [-0.3, -0.25) is 25.3 Å². The molecule has 11 heteroatoms. The number of nitrogens with one attached hydrogen (secondary N) is 1. The van der Waals surface area contributed by atoms with Crippen molar-refractivity contribution in [3.05, 3.63) is 63.9 Å². The molecule has 1 heterocycles. The summed E-state index contributed by atoms with van der Waals surface area (Å²) in [6, 6.07) is 5.71. The minimum Gasteiger partial charge on any atom is -0.463 e. The molecule has 0 saturated carbocycles. The van der Waals surface area contributed by atoms with Crippen LogP contribution in [0.15, 0.2) is 53.2 Å². The van der Waals surface area contributed by atoms with E-state index < -0.39 is 28.7 Å². The van der Waals surface area contributed by atoms with Gasteiger partial charge in [0.15, 0.2) is 5.17 Å². The van der Waals surface area contributed by atoms with Gasteiger partial charge in [-0.25, -0.2) is 4.79 Å². The Kier molecular flexibility index (Phi) is 8.71. The molecule has 3 N–H and O–H groups in total. The van der Waals surface area contributed by atoms with Crippen molar-refractivity contribution in [2.75, 3.05) is 19.0 Å². The molecule has 0 radical (unpaired) electrons. The Morgan fingerprint density at radius 2 is 2.12 bits per heavy atom. The van der Waals surface area contributed by atoms with Crippen LogP contribution in [-0.4, -0.2) is 46.7 Å². The maximum Gasteiger partial charge on any atom is 0.336 e. The van der Waals surface area contributed by atoms with Gasteiger partial charge in [0, 0.05) is 29.5 Å². The number of hydrogen-bond donors (Lipinski definition) is 2. The number of thioether (sulfide) groups is 1. The Morgan fingerprint density at radius 3 is 2.72 bits per heavy atom. The van der Waals surface area contributed by atoms with Crippen LogP contribution in [0.4, 0.5) is 5.69 Å². The van der Waals surface area contributed by atoms with E-state index in [1.807, 2.05) is 0 Å². The van der Waals surface area contributed by atoms with Gasteiger partial charge >= 0.3 is 11.9 Å². The number of non-ortho nitro benzene ring substituents is 1. The van der Waals surface area contributed by atoms with Crippen LogP contribution in [0.3, 0.4) is 0 Å². The Morgan fingerprint density at radius 1 is 1.41 bits per heavy atom. The fourth-order valence-electron chi connectivity index (χ4n) is 3.37. The normalized spacial score (nSPS) is 17.9. The first-order valence-corrected chi connectivity index (χ1v) is 10.6. The molecular formula is C21H24N4O6S. The molecular weight excluding hydrogens is 436 g/mol. The second-order valence-corrected chi connectivity index (χ2v) is 7.73. The van der Waals surface area contributed by atoms with Crippen LogP contribution in [0, 0.1) is 21.4 Å². The quantitative estimate of drug-likeness (QED) is 0.142.